The van der Waals surface area contributed by atoms with E-state index in [-0.39, 0.29) is 24.4 Å². The molecule has 7 heteroatoms. The molecule has 0 aromatic carbocycles. The topological polar surface area (TPSA) is 51.2 Å². The van der Waals surface area contributed by atoms with E-state index < -0.39 is 23.5 Å². The van der Waals surface area contributed by atoms with E-state index in [1.807, 2.05) is 0 Å². The fraction of sp³-hybridized carbons (Fsp3) is 0.538. The molecular formula is C13H15F3N2O2. The van der Waals surface area contributed by atoms with Gasteiger partial charge < -0.3 is 10.1 Å². The van der Waals surface area contributed by atoms with Gasteiger partial charge in [-0.15, -0.1) is 0 Å². The first-order valence-corrected chi connectivity index (χ1v) is 6.47. The van der Waals surface area contributed by atoms with Crippen molar-refractivity contribution in [2.24, 2.45) is 5.92 Å². The van der Waals surface area contributed by atoms with E-state index in [0.29, 0.717) is 18.9 Å². The van der Waals surface area contributed by atoms with Crippen LogP contribution < -0.4 is 5.32 Å². The van der Waals surface area contributed by atoms with Crippen LogP contribution in [0, 0.1) is 23.5 Å². The van der Waals surface area contributed by atoms with Gasteiger partial charge in [0.05, 0.1) is 12.5 Å². The normalized spacial score (nSPS) is 21.8. The van der Waals surface area contributed by atoms with E-state index in [4.69, 9.17) is 4.74 Å². The summed E-state index contributed by atoms with van der Waals surface area (Å²) in [5.41, 5.74) is 0. The summed E-state index contributed by atoms with van der Waals surface area (Å²) < 4.78 is 44.3. The SMILES string of the molecule is CCOC(=O)C1CCCC1Nc1nc(F)c(F)cc1F. The van der Waals surface area contributed by atoms with Crippen molar-refractivity contribution in [3.63, 3.8) is 0 Å². The van der Waals surface area contributed by atoms with E-state index in [0.717, 1.165) is 6.42 Å². The van der Waals surface area contributed by atoms with Crippen LogP contribution >= 0.6 is 0 Å². The number of carbonyl (C=O) groups excluding carboxylic acids is 1. The summed E-state index contributed by atoms with van der Waals surface area (Å²) in [6.45, 7) is 1.96. The zero-order valence-electron chi connectivity index (χ0n) is 11.0. The predicted octanol–water partition coefficient (Wildman–Crippen LogP) is 2.64. The van der Waals surface area contributed by atoms with Gasteiger partial charge >= 0.3 is 5.97 Å². The Balaban J connectivity index is 2.12. The number of halogens is 3. The third kappa shape index (κ3) is 3.02. The van der Waals surface area contributed by atoms with Crippen LogP contribution in [-0.2, 0) is 9.53 Å². The standard InChI is InChI=1S/C13H15F3N2O2/c1-2-20-13(19)7-4-3-5-10(7)17-12-9(15)6-8(14)11(16)18-12/h6-7,10H,2-5H2,1H3,(H,17,18). The summed E-state index contributed by atoms with van der Waals surface area (Å²) in [7, 11) is 0. The summed E-state index contributed by atoms with van der Waals surface area (Å²) in [5.74, 6) is -4.89. The fourth-order valence-electron chi connectivity index (χ4n) is 2.39. The maximum atomic E-state index is 13.5. The highest BCUT2D eigenvalue weighted by Crippen LogP contribution is 2.30. The van der Waals surface area contributed by atoms with E-state index in [9.17, 15) is 18.0 Å². The highest BCUT2D eigenvalue weighted by molar-refractivity contribution is 5.74. The maximum Gasteiger partial charge on any atom is 0.311 e. The average Bonchev–Trinajstić information content (AvgIpc) is 2.84. The molecule has 1 heterocycles. The van der Waals surface area contributed by atoms with Crippen LogP contribution in [0.1, 0.15) is 26.2 Å². The summed E-state index contributed by atoms with van der Waals surface area (Å²) >= 11 is 0. The van der Waals surface area contributed by atoms with Crippen molar-refractivity contribution in [2.75, 3.05) is 11.9 Å². The number of pyridine rings is 1. The second-order valence-electron chi connectivity index (χ2n) is 4.63. The molecule has 1 aliphatic rings. The zero-order valence-corrected chi connectivity index (χ0v) is 11.0. The molecule has 1 N–H and O–H groups in total. The van der Waals surface area contributed by atoms with Gasteiger partial charge in [0.1, 0.15) is 0 Å². The molecule has 2 unspecified atom stereocenters. The molecule has 0 spiro atoms. The molecule has 1 fully saturated rings. The van der Waals surface area contributed by atoms with Gasteiger partial charge in [0.2, 0.25) is 0 Å². The first-order valence-electron chi connectivity index (χ1n) is 6.47. The Morgan fingerprint density at radius 2 is 2.15 bits per heavy atom. The molecule has 20 heavy (non-hydrogen) atoms. The molecule has 0 amide bonds. The predicted molar refractivity (Wildman–Crippen MR) is 65.5 cm³/mol. The quantitative estimate of drug-likeness (QED) is 0.683. The van der Waals surface area contributed by atoms with Gasteiger partial charge in [0.25, 0.3) is 5.95 Å². The Bertz CT molecular complexity index is 511. The van der Waals surface area contributed by atoms with Crippen molar-refractivity contribution in [1.82, 2.24) is 4.98 Å². The maximum absolute atomic E-state index is 13.5. The van der Waals surface area contributed by atoms with Gasteiger partial charge in [-0.05, 0) is 19.8 Å². The molecule has 1 saturated carbocycles. The number of aromatic nitrogens is 1. The lowest BCUT2D eigenvalue weighted by molar-refractivity contribution is -0.148. The number of nitrogens with zero attached hydrogens (tertiary/aromatic N) is 1. The fourth-order valence-corrected chi connectivity index (χ4v) is 2.39. The second-order valence-corrected chi connectivity index (χ2v) is 4.63. The van der Waals surface area contributed by atoms with Crippen molar-refractivity contribution < 1.29 is 22.7 Å². The Morgan fingerprint density at radius 1 is 1.40 bits per heavy atom. The number of hydrogen-bond donors (Lipinski definition) is 1. The van der Waals surface area contributed by atoms with Gasteiger partial charge in [-0.3, -0.25) is 4.79 Å². The van der Waals surface area contributed by atoms with Gasteiger partial charge in [0, 0.05) is 12.1 Å². The Morgan fingerprint density at radius 3 is 2.85 bits per heavy atom. The highest BCUT2D eigenvalue weighted by atomic mass is 19.2. The first kappa shape index (κ1) is 14.6. The molecule has 0 aliphatic heterocycles. The zero-order chi connectivity index (χ0) is 14.7. The summed E-state index contributed by atoms with van der Waals surface area (Å²) in [4.78, 5) is 14.9. The van der Waals surface area contributed by atoms with Crippen LogP contribution in [0.15, 0.2) is 6.07 Å². The lowest BCUT2D eigenvalue weighted by Gasteiger charge is -2.20. The Labute approximate surface area is 114 Å². The molecule has 1 aliphatic carbocycles. The van der Waals surface area contributed by atoms with Gasteiger partial charge in [0.15, 0.2) is 17.5 Å². The first-order chi connectivity index (χ1) is 9.52. The molecule has 1 aromatic rings. The molecular weight excluding hydrogens is 273 g/mol. The number of nitrogens with one attached hydrogen (secondary N) is 1. The molecule has 2 atom stereocenters. The molecule has 0 bridgehead atoms. The van der Waals surface area contributed by atoms with Crippen molar-refractivity contribution >= 4 is 11.8 Å². The minimum Gasteiger partial charge on any atom is -0.466 e. The molecule has 1 aromatic heterocycles. The van der Waals surface area contributed by atoms with Crippen molar-refractivity contribution in [3.05, 3.63) is 23.6 Å². The molecule has 2 rings (SSSR count). The third-order valence-electron chi connectivity index (χ3n) is 3.31. The van der Waals surface area contributed by atoms with Crippen molar-refractivity contribution in [2.45, 2.75) is 32.2 Å². The second kappa shape index (κ2) is 6.11. The number of carbonyl (C=O) groups is 1. The van der Waals surface area contributed by atoms with Crippen LogP contribution in [0.3, 0.4) is 0 Å². The van der Waals surface area contributed by atoms with Crippen LogP contribution in [0.5, 0.6) is 0 Å². The van der Waals surface area contributed by atoms with Gasteiger partial charge in [-0.1, -0.05) is 6.42 Å². The number of ether oxygens (including phenoxy) is 1. The molecule has 110 valence electrons. The van der Waals surface area contributed by atoms with E-state index in [1.54, 1.807) is 6.92 Å². The van der Waals surface area contributed by atoms with E-state index in [2.05, 4.69) is 10.3 Å². The summed E-state index contributed by atoms with van der Waals surface area (Å²) in [6, 6.07) is 0.0415. The Hall–Kier alpha value is -1.79. The summed E-state index contributed by atoms with van der Waals surface area (Å²) in [6.07, 6.45) is 2.00. The molecule has 0 radical (unpaired) electrons. The summed E-state index contributed by atoms with van der Waals surface area (Å²) in [5, 5.41) is 2.67. The van der Waals surface area contributed by atoms with E-state index in [1.165, 1.54) is 0 Å². The van der Waals surface area contributed by atoms with Crippen LogP contribution in [0.2, 0.25) is 0 Å². The lowest BCUT2D eigenvalue weighted by Crippen LogP contribution is -2.32. The number of hydrogen-bond acceptors (Lipinski definition) is 4. The Kier molecular flexibility index (Phi) is 4.46. The smallest absolute Gasteiger partial charge is 0.311 e. The number of esters is 1. The minimum atomic E-state index is -1.38. The monoisotopic (exact) mass is 288 g/mol. The molecule has 4 nitrogen and oxygen atoms in total. The van der Waals surface area contributed by atoms with Gasteiger partial charge in [-0.2, -0.15) is 9.37 Å². The van der Waals surface area contributed by atoms with Crippen LogP contribution in [-0.4, -0.2) is 23.6 Å². The third-order valence-corrected chi connectivity index (χ3v) is 3.31. The number of anilines is 1. The van der Waals surface area contributed by atoms with Crippen LogP contribution in [0.4, 0.5) is 19.0 Å². The van der Waals surface area contributed by atoms with Gasteiger partial charge in [-0.25, -0.2) is 8.78 Å². The largest absolute Gasteiger partial charge is 0.466 e. The number of rotatable bonds is 4. The van der Waals surface area contributed by atoms with Crippen molar-refractivity contribution in [1.29, 1.82) is 0 Å². The highest BCUT2D eigenvalue weighted by Gasteiger charge is 2.34. The minimum absolute atomic E-state index is 0.264. The van der Waals surface area contributed by atoms with Crippen molar-refractivity contribution in [3.8, 4) is 0 Å². The molecule has 0 saturated heterocycles. The average molecular weight is 288 g/mol. The lowest BCUT2D eigenvalue weighted by atomic mass is 10.0. The van der Waals surface area contributed by atoms with Crippen LogP contribution in [0.25, 0.3) is 0 Å². The van der Waals surface area contributed by atoms with E-state index >= 15 is 0 Å².